The van der Waals surface area contributed by atoms with Crippen molar-refractivity contribution in [3.63, 3.8) is 0 Å². The molecule has 0 aliphatic heterocycles. The zero-order chi connectivity index (χ0) is 15.1. The summed E-state index contributed by atoms with van der Waals surface area (Å²) in [6.07, 6.45) is 0.895. The molecule has 0 amide bonds. The van der Waals surface area contributed by atoms with Crippen LogP contribution < -0.4 is 15.8 Å². The summed E-state index contributed by atoms with van der Waals surface area (Å²) in [7, 11) is 0. The van der Waals surface area contributed by atoms with E-state index in [2.05, 4.69) is 15.3 Å². The summed E-state index contributed by atoms with van der Waals surface area (Å²) in [6.45, 7) is 6.02. The van der Waals surface area contributed by atoms with E-state index in [0.717, 1.165) is 35.7 Å². The van der Waals surface area contributed by atoms with Gasteiger partial charge < -0.3 is 15.8 Å². The first kappa shape index (κ1) is 15.3. The van der Waals surface area contributed by atoms with Gasteiger partial charge in [0.25, 0.3) is 0 Å². The molecule has 2 aromatic rings. The zero-order valence-corrected chi connectivity index (χ0v) is 12.6. The van der Waals surface area contributed by atoms with Gasteiger partial charge in [0.2, 0.25) is 5.95 Å². The van der Waals surface area contributed by atoms with Crippen LogP contribution in [0.4, 0.5) is 5.95 Å². The minimum atomic E-state index is 0.639. The molecule has 0 saturated heterocycles. The van der Waals surface area contributed by atoms with Crippen molar-refractivity contribution in [2.24, 2.45) is 5.73 Å². The maximum Gasteiger partial charge on any atom is 0.223 e. The second-order valence-electron chi connectivity index (χ2n) is 4.75. The number of anilines is 1. The van der Waals surface area contributed by atoms with Gasteiger partial charge in [0.05, 0.1) is 12.3 Å². The maximum absolute atomic E-state index is 5.54. The third-order valence-electron chi connectivity index (χ3n) is 2.96. The fourth-order valence-corrected chi connectivity index (χ4v) is 2.01. The van der Waals surface area contributed by atoms with Gasteiger partial charge in [-0.2, -0.15) is 0 Å². The van der Waals surface area contributed by atoms with Crippen molar-refractivity contribution >= 4 is 5.95 Å². The molecule has 1 aromatic heterocycles. The van der Waals surface area contributed by atoms with Crippen LogP contribution in [-0.2, 0) is 0 Å². The molecule has 0 saturated carbocycles. The number of aromatic nitrogens is 2. The third-order valence-corrected chi connectivity index (χ3v) is 2.96. The molecule has 5 nitrogen and oxygen atoms in total. The standard InChI is InChI=1S/C16H22N4O/c1-3-21-14-7-4-6-13(11-14)15-10-12(2)19-16(20-15)18-9-5-8-17/h4,6-7,10-11H,3,5,8-9,17H2,1-2H3,(H,18,19,20). The monoisotopic (exact) mass is 286 g/mol. The van der Waals surface area contributed by atoms with Crippen LogP contribution in [-0.4, -0.2) is 29.7 Å². The summed E-state index contributed by atoms with van der Waals surface area (Å²) in [5, 5.41) is 3.20. The van der Waals surface area contributed by atoms with Crippen LogP contribution in [0.15, 0.2) is 30.3 Å². The molecule has 0 fully saturated rings. The Kier molecular flexibility index (Phi) is 5.51. The SMILES string of the molecule is CCOc1cccc(-c2cc(C)nc(NCCCN)n2)c1. The number of nitrogens with one attached hydrogen (secondary N) is 1. The average molecular weight is 286 g/mol. The van der Waals surface area contributed by atoms with E-state index in [1.165, 1.54) is 0 Å². The summed E-state index contributed by atoms with van der Waals surface area (Å²) in [4.78, 5) is 8.95. The van der Waals surface area contributed by atoms with Gasteiger partial charge in [-0.1, -0.05) is 12.1 Å². The normalized spacial score (nSPS) is 10.4. The smallest absolute Gasteiger partial charge is 0.223 e. The van der Waals surface area contributed by atoms with E-state index in [4.69, 9.17) is 10.5 Å². The molecule has 3 N–H and O–H groups in total. The third kappa shape index (κ3) is 4.43. The van der Waals surface area contributed by atoms with E-state index in [1.54, 1.807) is 0 Å². The summed E-state index contributed by atoms with van der Waals surface area (Å²) >= 11 is 0. The molecule has 5 heteroatoms. The summed E-state index contributed by atoms with van der Waals surface area (Å²) in [5.41, 5.74) is 8.33. The van der Waals surface area contributed by atoms with Gasteiger partial charge >= 0.3 is 0 Å². The highest BCUT2D eigenvalue weighted by atomic mass is 16.5. The quantitative estimate of drug-likeness (QED) is 0.765. The van der Waals surface area contributed by atoms with Crippen LogP contribution in [0, 0.1) is 6.92 Å². The Morgan fingerprint density at radius 1 is 1.24 bits per heavy atom. The summed E-state index contributed by atoms with van der Waals surface area (Å²) in [6, 6.07) is 9.91. The van der Waals surface area contributed by atoms with E-state index < -0.39 is 0 Å². The van der Waals surface area contributed by atoms with Crippen LogP contribution in [0.3, 0.4) is 0 Å². The maximum atomic E-state index is 5.54. The Bertz CT molecular complexity index is 586. The lowest BCUT2D eigenvalue weighted by Crippen LogP contribution is -2.11. The minimum Gasteiger partial charge on any atom is -0.494 e. The summed E-state index contributed by atoms with van der Waals surface area (Å²) < 4.78 is 5.54. The van der Waals surface area contributed by atoms with Gasteiger partial charge in [0.15, 0.2) is 0 Å². The molecule has 0 aliphatic carbocycles. The number of aryl methyl sites for hydroxylation is 1. The molecule has 21 heavy (non-hydrogen) atoms. The average Bonchev–Trinajstić information content (AvgIpc) is 2.48. The van der Waals surface area contributed by atoms with Crippen molar-refractivity contribution in [2.45, 2.75) is 20.3 Å². The van der Waals surface area contributed by atoms with E-state index in [-0.39, 0.29) is 0 Å². The molecule has 0 bridgehead atoms. The van der Waals surface area contributed by atoms with Crippen molar-refractivity contribution in [1.29, 1.82) is 0 Å². The fourth-order valence-electron chi connectivity index (χ4n) is 2.01. The number of rotatable bonds is 7. The first-order valence-corrected chi connectivity index (χ1v) is 7.25. The fraction of sp³-hybridized carbons (Fsp3) is 0.375. The van der Waals surface area contributed by atoms with Crippen LogP contribution in [0.2, 0.25) is 0 Å². The molecular weight excluding hydrogens is 264 g/mol. The number of ether oxygens (including phenoxy) is 1. The van der Waals surface area contributed by atoms with E-state index in [1.807, 2.05) is 44.2 Å². The number of hydrogen-bond donors (Lipinski definition) is 2. The number of nitrogens with zero attached hydrogens (tertiary/aromatic N) is 2. The lowest BCUT2D eigenvalue weighted by Gasteiger charge is -2.09. The zero-order valence-electron chi connectivity index (χ0n) is 12.6. The Hall–Kier alpha value is -2.14. The number of benzene rings is 1. The minimum absolute atomic E-state index is 0.639. The highest BCUT2D eigenvalue weighted by molar-refractivity contribution is 5.62. The first-order valence-electron chi connectivity index (χ1n) is 7.25. The highest BCUT2D eigenvalue weighted by Gasteiger charge is 2.05. The van der Waals surface area contributed by atoms with E-state index in [0.29, 0.717) is 19.1 Å². The summed E-state index contributed by atoms with van der Waals surface area (Å²) in [5.74, 6) is 1.49. The molecule has 0 atom stereocenters. The van der Waals surface area contributed by atoms with Crippen LogP contribution in [0.1, 0.15) is 19.0 Å². The second-order valence-corrected chi connectivity index (χ2v) is 4.75. The molecule has 1 aromatic carbocycles. The lowest BCUT2D eigenvalue weighted by atomic mass is 10.1. The predicted molar refractivity (Wildman–Crippen MR) is 85.5 cm³/mol. The molecule has 2 rings (SSSR count). The highest BCUT2D eigenvalue weighted by Crippen LogP contribution is 2.23. The van der Waals surface area contributed by atoms with Gasteiger partial charge in [-0.3, -0.25) is 0 Å². The Morgan fingerprint density at radius 2 is 2.10 bits per heavy atom. The largest absolute Gasteiger partial charge is 0.494 e. The molecule has 1 heterocycles. The van der Waals surface area contributed by atoms with E-state index >= 15 is 0 Å². The molecule has 0 unspecified atom stereocenters. The molecule has 0 radical (unpaired) electrons. The molecule has 0 aliphatic rings. The molecule has 0 spiro atoms. The van der Waals surface area contributed by atoms with Crippen molar-refractivity contribution < 1.29 is 4.74 Å². The van der Waals surface area contributed by atoms with Crippen molar-refractivity contribution in [2.75, 3.05) is 25.0 Å². The van der Waals surface area contributed by atoms with Crippen LogP contribution in [0.5, 0.6) is 5.75 Å². The predicted octanol–water partition coefficient (Wildman–Crippen LogP) is 2.61. The van der Waals surface area contributed by atoms with Gasteiger partial charge in [0.1, 0.15) is 5.75 Å². The van der Waals surface area contributed by atoms with Crippen molar-refractivity contribution in [3.05, 3.63) is 36.0 Å². The second kappa shape index (κ2) is 7.59. The van der Waals surface area contributed by atoms with E-state index in [9.17, 15) is 0 Å². The molecule has 112 valence electrons. The Balaban J connectivity index is 2.24. The van der Waals surface area contributed by atoms with Gasteiger partial charge in [0, 0.05) is 17.8 Å². The Labute approximate surface area is 125 Å². The van der Waals surface area contributed by atoms with Crippen molar-refractivity contribution in [3.8, 4) is 17.0 Å². The number of hydrogen-bond acceptors (Lipinski definition) is 5. The lowest BCUT2D eigenvalue weighted by molar-refractivity contribution is 0.340. The van der Waals surface area contributed by atoms with Gasteiger partial charge in [-0.15, -0.1) is 0 Å². The molecular formula is C16H22N4O. The Morgan fingerprint density at radius 3 is 2.86 bits per heavy atom. The van der Waals surface area contributed by atoms with Crippen LogP contribution in [0.25, 0.3) is 11.3 Å². The first-order chi connectivity index (χ1) is 10.2. The van der Waals surface area contributed by atoms with Gasteiger partial charge in [-0.25, -0.2) is 9.97 Å². The van der Waals surface area contributed by atoms with Gasteiger partial charge in [-0.05, 0) is 45.0 Å². The topological polar surface area (TPSA) is 73.1 Å². The van der Waals surface area contributed by atoms with Crippen LogP contribution >= 0.6 is 0 Å². The number of nitrogens with two attached hydrogens (primary N) is 1. The van der Waals surface area contributed by atoms with Crippen molar-refractivity contribution in [1.82, 2.24) is 9.97 Å².